The minimum absolute atomic E-state index is 0.0188. The molecule has 0 aromatic rings. The van der Waals surface area contributed by atoms with E-state index >= 15 is 0 Å². The van der Waals surface area contributed by atoms with Crippen molar-refractivity contribution in [3.05, 3.63) is 11.6 Å². The second-order valence-corrected chi connectivity index (χ2v) is 15.2. The van der Waals surface area contributed by atoms with Crippen molar-refractivity contribution < 1.29 is 14.7 Å². The Hall–Kier alpha value is -1.36. The van der Waals surface area contributed by atoms with E-state index in [0.29, 0.717) is 24.3 Å². The van der Waals surface area contributed by atoms with E-state index in [1.54, 1.807) is 0 Å². The maximum atomic E-state index is 13.3. The zero-order valence-corrected chi connectivity index (χ0v) is 26.8. The Balaban J connectivity index is 1.52. The Labute approximate surface area is 245 Å². The molecule has 5 heteroatoms. The van der Waals surface area contributed by atoms with Crippen LogP contribution in [0, 0.1) is 46.3 Å². The molecule has 3 fully saturated rings. The molecule has 5 unspecified atom stereocenters. The van der Waals surface area contributed by atoms with E-state index in [-0.39, 0.29) is 29.8 Å². The van der Waals surface area contributed by atoms with Gasteiger partial charge in [-0.15, -0.1) is 0 Å². The number of nitrogens with zero attached hydrogens (tertiary/aromatic N) is 1. The number of carbonyl (C=O) groups is 2. The van der Waals surface area contributed by atoms with Gasteiger partial charge in [0.05, 0.1) is 18.7 Å². The first-order valence-electron chi connectivity index (χ1n) is 16.8. The highest BCUT2D eigenvalue weighted by atomic mass is 16.3. The van der Waals surface area contributed by atoms with Crippen LogP contribution < -0.4 is 5.32 Å². The van der Waals surface area contributed by atoms with E-state index in [0.717, 1.165) is 48.9 Å². The number of unbranched alkanes of at least 4 members (excludes halogenated alkanes) is 1. The van der Waals surface area contributed by atoms with Crippen molar-refractivity contribution in [3.63, 3.8) is 0 Å². The zero-order valence-electron chi connectivity index (χ0n) is 26.8. The van der Waals surface area contributed by atoms with Crippen LogP contribution in [0.3, 0.4) is 0 Å². The van der Waals surface area contributed by atoms with E-state index in [2.05, 4.69) is 52.9 Å². The first-order valence-corrected chi connectivity index (χ1v) is 16.8. The number of amides is 2. The molecule has 4 aliphatic rings. The molecule has 2 N–H and O–H groups in total. The van der Waals surface area contributed by atoms with Gasteiger partial charge in [-0.3, -0.25) is 9.59 Å². The Morgan fingerprint density at radius 2 is 1.85 bits per heavy atom. The number of carbonyl (C=O) groups excluding carboxylic acids is 2. The van der Waals surface area contributed by atoms with Gasteiger partial charge in [0, 0.05) is 13.5 Å². The number of aliphatic hydroxyl groups is 1. The zero-order chi connectivity index (χ0) is 29.2. The Morgan fingerprint density at radius 3 is 2.52 bits per heavy atom. The lowest BCUT2D eigenvalue weighted by Gasteiger charge is -2.60. The Kier molecular flexibility index (Phi) is 10.2. The summed E-state index contributed by atoms with van der Waals surface area (Å²) in [5, 5.41) is 14.1. The summed E-state index contributed by atoms with van der Waals surface area (Å²) in [4.78, 5) is 26.8. The normalized spacial score (nSPS) is 37.7. The monoisotopic (exact) mass is 556 g/mol. The van der Waals surface area contributed by atoms with E-state index in [9.17, 15) is 14.7 Å². The third-order valence-electron chi connectivity index (χ3n) is 12.3. The van der Waals surface area contributed by atoms with Gasteiger partial charge in [-0.05, 0) is 97.7 Å². The number of fused-ring (bicyclic) bond motifs is 5. The minimum atomic E-state index is -0.537. The van der Waals surface area contributed by atoms with Crippen molar-refractivity contribution in [1.82, 2.24) is 10.2 Å². The predicted octanol–water partition coefficient (Wildman–Crippen LogP) is 7.13. The van der Waals surface area contributed by atoms with Crippen molar-refractivity contribution in [2.24, 2.45) is 46.3 Å². The fourth-order valence-electron chi connectivity index (χ4n) is 10.1. The molecule has 4 rings (SSSR count). The van der Waals surface area contributed by atoms with E-state index < -0.39 is 6.10 Å². The Bertz CT molecular complexity index is 930. The van der Waals surface area contributed by atoms with E-state index in [1.807, 2.05) is 4.90 Å². The van der Waals surface area contributed by atoms with Crippen LogP contribution >= 0.6 is 0 Å². The van der Waals surface area contributed by atoms with Crippen LogP contribution in [0.15, 0.2) is 11.6 Å². The van der Waals surface area contributed by atoms with Gasteiger partial charge < -0.3 is 15.3 Å². The number of allylic oxidation sites excluding steroid dienone is 1. The summed E-state index contributed by atoms with van der Waals surface area (Å²) in [6.07, 6.45) is 16.0. The molecule has 0 bridgehead atoms. The van der Waals surface area contributed by atoms with Gasteiger partial charge in [-0.2, -0.15) is 0 Å². The number of hydrogen-bond donors (Lipinski definition) is 2. The van der Waals surface area contributed by atoms with Gasteiger partial charge in [0.2, 0.25) is 11.8 Å². The fourth-order valence-corrected chi connectivity index (χ4v) is 10.1. The molecular formula is C35H60N2O3. The largest absolute Gasteiger partial charge is 0.391 e. The standard InChI is InChI=1S/C35H60N2O3/c1-8-9-19-37(33(40)22-36-25(5)38)31-21-35(7)26(20-32(31)39)13-14-27-29-16-15-28(24(4)12-10-11-23(2)3)34(29,6)18-17-30(27)35/h13,23-24,27-32,39H,8-12,14-22H2,1-7H3,(H,36,38)/t24-,27?,28-,29?,30?,31?,32?,34-,35+/m1/s1. The van der Waals surface area contributed by atoms with Crippen molar-refractivity contribution >= 4 is 11.8 Å². The van der Waals surface area contributed by atoms with Crippen LogP contribution in [0.1, 0.15) is 126 Å². The third kappa shape index (κ3) is 6.20. The molecule has 40 heavy (non-hydrogen) atoms. The smallest absolute Gasteiger partial charge is 0.242 e. The highest BCUT2D eigenvalue weighted by molar-refractivity contribution is 5.84. The van der Waals surface area contributed by atoms with Gasteiger partial charge in [-0.1, -0.05) is 78.9 Å². The molecule has 0 aromatic heterocycles. The van der Waals surface area contributed by atoms with Gasteiger partial charge >= 0.3 is 0 Å². The molecule has 0 saturated heterocycles. The van der Waals surface area contributed by atoms with Crippen molar-refractivity contribution in [2.45, 2.75) is 138 Å². The Morgan fingerprint density at radius 1 is 1.10 bits per heavy atom. The molecule has 2 amide bonds. The molecule has 3 saturated carbocycles. The van der Waals surface area contributed by atoms with Gasteiger partial charge in [-0.25, -0.2) is 0 Å². The molecule has 228 valence electrons. The molecule has 0 heterocycles. The second kappa shape index (κ2) is 12.9. The average Bonchev–Trinajstić information content (AvgIpc) is 3.25. The van der Waals surface area contributed by atoms with Crippen LogP contribution in [0.4, 0.5) is 0 Å². The molecule has 4 aliphatic carbocycles. The van der Waals surface area contributed by atoms with Crippen LogP contribution in [0.2, 0.25) is 0 Å². The molecular weight excluding hydrogens is 496 g/mol. The molecule has 0 aromatic carbocycles. The third-order valence-corrected chi connectivity index (χ3v) is 12.3. The lowest BCUT2D eigenvalue weighted by atomic mass is 9.46. The second-order valence-electron chi connectivity index (χ2n) is 15.2. The molecule has 9 atom stereocenters. The topological polar surface area (TPSA) is 69.6 Å². The SMILES string of the molecule is CCCCN(C(=O)CNC(C)=O)C1C[C@@]2(C)C(=CCC3C2CC[C@@]2(C)C3CC[C@@H]2[C@H](C)CCCC(C)C)CC1O. The number of nitrogens with one attached hydrogen (secondary N) is 1. The lowest BCUT2D eigenvalue weighted by molar-refractivity contribution is -0.140. The maximum absolute atomic E-state index is 13.3. The predicted molar refractivity (Wildman–Crippen MR) is 164 cm³/mol. The highest BCUT2D eigenvalue weighted by Crippen LogP contribution is 2.67. The summed E-state index contributed by atoms with van der Waals surface area (Å²) < 4.78 is 0. The van der Waals surface area contributed by atoms with Crippen LogP contribution in [-0.2, 0) is 9.59 Å². The average molecular weight is 557 g/mol. The van der Waals surface area contributed by atoms with Crippen molar-refractivity contribution in [3.8, 4) is 0 Å². The minimum Gasteiger partial charge on any atom is -0.391 e. The van der Waals surface area contributed by atoms with Crippen LogP contribution in [0.25, 0.3) is 0 Å². The summed E-state index contributed by atoms with van der Waals surface area (Å²) in [5.41, 5.74) is 1.94. The highest BCUT2D eigenvalue weighted by Gasteiger charge is 2.60. The molecule has 0 radical (unpaired) electrons. The first kappa shape index (κ1) is 31.6. The van der Waals surface area contributed by atoms with Gasteiger partial charge in [0.15, 0.2) is 0 Å². The summed E-state index contributed by atoms with van der Waals surface area (Å²) in [6, 6.07) is -0.181. The van der Waals surface area contributed by atoms with Crippen LogP contribution in [0.5, 0.6) is 0 Å². The van der Waals surface area contributed by atoms with Crippen molar-refractivity contribution in [1.29, 1.82) is 0 Å². The van der Waals surface area contributed by atoms with Crippen molar-refractivity contribution in [2.75, 3.05) is 13.1 Å². The number of aliphatic hydroxyl groups excluding tert-OH is 1. The van der Waals surface area contributed by atoms with Gasteiger partial charge in [0.25, 0.3) is 0 Å². The summed E-state index contributed by atoms with van der Waals surface area (Å²) in [7, 11) is 0. The number of hydrogen-bond acceptors (Lipinski definition) is 3. The quantitative estimate of drug-likeness (QED) is 0.266. The first-order chi connectivity index (χ1) is 18.9. The molecule has 0 aliphatic heterocycles. The van der Waals surface area contributed by atoms with E-state index in [1.165, 1.54) is 63.9 Å². The maximum Gasteiger partial charge on any atom is 0.242 e. The van der Waals surface area contributed by atoms with Crippen LogP contribution in [-0.4, -0.2) is 47.1 Å². The van der Waals surface area contributed by atoms with E-state index in [4.69, 9.17) is 0 Å². The fraction of sp³-hybridized carbons (Fsp3) is 0.886. The molecule has 0 spiro atoms. The lowest BCUT2D eigenvalue weighted by Crippen LogP contribution is -2.58. The molecule has 5 nitrogen and oxygen atoms in total. The van der Waals surface area contributed by atoms with Gasteiger partial charge in [0.1, 0.15) is 0 Å². The number of rotatable bonds is 11. The summed E-state index contributed by atoms with van der Waals surface area (Å²) in [5.74, 6) is 4.36. The summed E-state index contributed by atoms with van der Waals surface area (Å²) >= 11 is 0. The summed E-state index contributed by atoms with van der Waals surface area (Å²) in [6.45, 7) is 16.6.